The van der Waals surface area contributed by atoms with Crippen LogP contribution in [0.1, 0.15) is 18.6 Å². The van der Waals surface area contributed by atoms with E-state index in [9.17, 15) is 0 Å². The first-order chi connectivity index (χ1) is 8.29. The van der Waals surface area contributed by atoms with Gasteiger partial charge in [0.05, 0.1) is 6.54 Å². The Morgan fingerprint density at radius 3 is 2.94 bits per heavy atom. The van der Waals surface area contributed by atoms with Crippen LogP contribution in [0.2, 0.25) is 0 Å². The molecule has 0 bridgehead atoms. The summed E-state index contributed by atoms with van der Waals surface area (Å²) < 4.78 is 3.85. The molecule has 1 N–H and O–H groups in total. The second kappa shape index (κ2) is 5.58. The fourth-order valence-electron chi connectivity index (χ4n) is 1.69. The predicted molar refractivity (Wildman–Crippen MR) is 64.3 cm³/mol. The summed E-state index contributed by atoms with van der Waals surface area (Å²) in [6.45, 7) is 4.72. The zero-order valence-corrected chi connectivity index (χ0v) is 10.3. The van der Waals surface area contributed by atoms with Gasteiger partial charge in [-0.3, -0.25) is 4.68 Å². The summed E-state index contributed by atoms with van der Waals surface area (Å²) in [6.07, 6.45) is 6.39. The van der Waals surface area contributed by atoms with E-state index >= 15 is 0 Å². The molecule has 2 rings (SSSR count). The fraction of sp³-hybridized carbons (Fsp3) is 0.545. The zero-order chi connectivity index (χ0) is 12.1. The third-order valence-electron chi connectivity index (χ3n) is 2.60. The molecule has 2 aromatic rings. The first kappa shape index (κ1) is 11.8. The van der Waals surface area contributed by atoms with Gasteiger partial charge in [-0.25, -0.2) is 9.97 Å². The first-order valence-electron chi connectivity index (χ1n) is 5.85. The molecule has 0 aromatic carbocycles. The summed E-state index contributed by atoms with van der Waals surface area (Å²) in [7, 11) is 1.88. The molecule has 0 fully saturated rings. The molecule has 0 aliphatic heterocycles. The van der Waals surface area contributed by atoms with Crippen molar-refractivity contribution in [2.75, 3.05) is 6.54 Å². The molecule has 6 heteroatoms. The van der Waals surface area contributed by atoms with E-state index in [-0.39, 0.29) is 0 Å². The van der Waals surface area contributed by atoms with E-state index < -0.39 is 0 Å². The van der Waals surface area contributed by atoms with E-state index in [1.54, 1.807) is 11.0 Å². The Morgan fingerprint density at radius 1 is 1.35 bits per heavy atom. The van der Waals surface area contributed by atoms with Crippen molar-refractivity contribution in [3.05, 3.63) is 30.4 Å². The van der Waals surface area contributed by atoms with Gasteiger partial charge in [-0.2, -0.15) is 5.10 Å². The molecule has 6 nitrogen and oxygen atoms in total. The SMILES string of the molecule is CCn1ccnc1CNCCc1ncn(C)n1. The number of aromatic nitrogens is 5. The van der Waals surface area contributed by atoms with Crippen LogP contribution in [0.25, 0.3) is 0 Å². The third-order valence-corrected chi connectivity index (χ3v) is 2.60. The first-order valence-corrected chi connectivity index (χ1v) is 5.85. The number of nitrogens with one attached hydrogen (secondary N) is 1. The molecule has 17 heavy (non-hydrogen) atoms. The van der Waals surface area contributed by atoms with Gasteiger partial charge in [0.2, 0.25) is 0 Å². The summed E-state index contributed by atoms with van der Waals surface area (Å²) in [4.78, 5) is 8.48. The molecular formula is C11H18N6. The molecule has 0 unspecified atom stereocenters. The number of aryl methyl sites for hydroxylation is 2. The number of hydrogen-bond acceptors (Lipinski definition) is 4. The highest BCUT2D eigenvalue weighted by Gasteiger charge is 2.01. The lowest BCUT2D eigenvalue weighted by Crippen LogP contribution is -2.20. The topological polar surface area (TPSA) is 60.6 Å². The summed E-state index contributed by atoms with van der Waals surface area (Å²) in [6, 6.07) is 0. The van der Waals surface area contributed by atoms with Crippen molar-refractivity contribution in [1.29, 1.82) is 0 Å². The Labute approximate surface area is 101 Å². The van der Waals surface area contributed by atoms with Crippen molar-refractivity contribution in [2.45, 2.75) is 26.4 Å². The molecule has 92 valence electrons. The molecule has 0 aliphatic carbocycles. The van der Waals surface area contributed by atoms with Gasteiger partial charge in [0.15, 0.2) is 5.82 Å². The quantitative estimate of drug-likeness (QED) is 0.733. The number of imidazole rings is 1. The predicted octanol–water partition coefficient (Wildman–Crippen LogP) is 0.364. The zero-order valence-electron chi connectivity index (χ0n) is 10.3. The van der Waals surface area contributed by atoms with Gasteiger partial charge < -0.3 is 9.88 Å². The van der Waals surface area contributed by atoms with E-state index in [0.29, 0.717) is 0 Å². The van der Waals surface area contributed by atoms with Crippen LogP contribution in [0.15, 0.2) is 18.7 Å². The average Bonchev–Trinajstić information content (AvgIpc) is 2.93. The highest BCUT2D eigenvalue weighted by atomic mass is 15.3. The lowest BCUT2D eigenvalue weighted by molar-refractivity contribution is 0.605. The highest BCUT2D eigenvalue weighted by Crippen LogP contribution is 1.96. The standard InChI is InChI=1S/C11H18N6/c1-3-17-7-6-13-11(17)8-12-5-4-10-14-9-16(2)15-10/h6-7,9,12H,3-5,8H2,1-2H3. The van der Waals surface area contributed by atoms with Crippen LogP contribution in [-0.2, 0) is 26.6 Å². The molecule has 0 radical (unpaired) electrons. The van der Waals surface area contributed by atoms with E-state index in [2.05, 4.69) is 31.9 Å². The second-order valence-corrected chi connectivity index (χ2v) is 3.89. The number of hydrogen-bond donors (Lipinski definition) is 1. The van der Waals surface area contributed by atoms with Gasteiger partial charge in [0.25, 0.3) is 0 Å². The Kier molecular flexibility index (Phi) is 3.87. The van der Waals surface area contributed by atoms with Crippen LogP contribution < -0.4 is 5.32 Å². The average molecular weight is 234 g/mol. The van der Waals surface area contributed by atoms with Crippen molar-refractivity contribution in [1.82, 2.24) is 29.6 Å². The van der Waals surface area contributed by atoms with Gasteiger partial charge in [-0.05, 0) is 6.92 Å². The molecule has 0 spiro atoms. The Hall–Kier alpha value is -1.69. The van der Waals surface area contributed by atoms with Crippen LogP contribution in [-0.4, -0.2) is 30.9 Å². The maximum atomic E-state index is 4.30. The smallest absolute Gasteiger partial charge is 0.151 e. The summed E-state index contributed by atoms with van der Waals surface area (Å²) >= 11 is 0. The van der Waals surface area contributed by atoms with E-state index in [1.165, 1.54) is 0 Å². The maximum Gasteiger partial charge on any atom is 0.151 e. The van der Waals surface area contributed by atoms with Crippen molar-refractivity contribution in [2.24, 2.45) is 7.05 Å². The molecule has 0 aliphatic rings. The van der Waals surface area contributed by atoms with Crippen molar-refractivity contribution in [3.63, 3.8) is 0 Å². The monoisotopic (exact) mass is 234 g/mol. The Bertz CT molecular complexity index is 458. The van der Waals surface area contributed by atoms with Crippen molar-refractivity contribution in [3.8, 4) is 0 Å². The normalized spacial score (nSPS) is 10.9. The van der Waals surface area contributed by atoms with Gasteiger partial charge in [-0.1, -0.05) is 0 Å². The van der Waals surface area contributed by atoms with Gasteiger partial charge >= 0.3 is 0 Å². The minimum Gasteiger partial charge on any atom is -0.334 e. The summed E-state index contributed by atoms with van der Waals surface area (Å²) in [5, 5.41) is 7.57. The minimum absolute atomic E-state index is 0.785. The van der Waals surface area contributed by atoms with Crippen LogP contribution in [0.5, 0.6) is 0 Å². The maximum absolute atomic E-state index is 4.30. The Balaban J connectivity index is 1.73. The van der Waals surface area contributed by atoms with E-state index in [4.69, 9.17) is 0 Å². The van der Waals surface area contributed by atoms with Gasteiger partial charge in [0.1, 0.15) is 12.2 Å². The fourth-order valence-corrected chi connectivity index (χ4v) is 1.69. The van der Waals surface area contributed by atoms with Crippen LogP contribution in [0.4, 0.5) is 0 Å². The molecule has 0 saturated heterocycles. The van der Waals surface area contributed by atoms with Crippen molar-refractivity contribution >= 4 is 0 Å². The summed E-state index contributed by atoms with van der Waals surface area (Å²) in [5.41, 5.74) is 0. The lowest BCUT2D eigenvalue weighted by Gasteiger charge is -2.05. The molecule has 0 saturated carbocycles. The number of nitrogens with zero attached hydrogens (tertiary/aromatic N) is 5. The lowest BCUT2D eigenvalue weighted by atomic mass is 10.4. The van der Waals surface area contributed by atoms with Crippen LogP contribution in [0.3, 0.4) is 0 Å². The molecule has 0 atom stereocenters. The largest absolute Gasteiger partial charge is 0.334 e. The third kappa shape index (κ3) is 3.13. The number of rotatable bonds is 6. The van der Waals surface area contributed by atoms with Crippen LogP contribution >= 0.6 is 0 Å². The molecule has 2 aromatic heterocycles. The van der Waals surface area contributed by atoms with Crippen LogP contribution in [0, 0.1) is 0 Å². The minimum atomic E-state index is 0.785. The second-order valence-electron chi connectivity index (χ2n) is 3.89. The van der Waals surface area contributed by atoms with E-state index in [1.807, 2.05) is 19.4 Å². The van der Waals surface area contributed by atoms with E-state index in [0.717, 1.165) is 37.7 Å². The molecular weight excluding hydrogens is 216 g/mol. The van der Waals surface area contributed by atoms with Gasteiger partial charge in [0, 0.05) is 39.0 Å². The van der Waals surface area contributed by atoms with Gasteiger partial charge in [-0.15, -0.1) is 0 Å². The summed E-state index contributed by atoms with van der Waals surface area (Å²) in [5.74, 6) is 1.94. The molecule has 0 amide bonds. The van der Waals surface area contributed by atoms with Crippen molar-refractivity contribution < 1.29 is 0 Å². The molecule has 2 heterocycles. The highest BCUT2D eigenvalue weighted by molar-refractivity contribution is 4.92. The Morgan fingerprint density at radius 2 is 2.24 bits per heavy atom.